The number of hydrogen-bond donors (Lipinski definition) is 2. The van der Waals surface area contributed by atoms with E-state index < -0.39 is 5.91 Å². The molecule has 4 bridgehead atoms. The van der Waals surface area contributed by atoms with Gasteiger partial charge in [0, 0.05) is 53.9 Å². The van der Waals surface area contributed by atoms with Crippen LogP contribution in [-0.4, -0.2) is 85.8 Å². The van der Waals surface area contributed by atoms with E-state index in [4.69, 9.17) is 30.6 Å². The minimum atomic E-state index is -0.565. The molecule has 1 saturated heterocycles. The second kappa shape index (κ2) is 13.5. The number of amides is 1. The van der Waals surface area contributed by atoms with Crippen LogP contribution in [-0.2, 0) is 17.7 Å². The molecule has 4 aliphatic carbocycles. The first kappa shape index (κ1) is 37.8. The second-order valence-corrected chi connectivity index (χ2v) is 20.8. The van der Waals surface area contributed by atoms with Crippen LogP contribution in [0, 0.1) is 30.1 Å². The number of hydrogen-bond acceptors (Lipinski definition) is 10. The number of carbonyl (C=O) groups is 1. The third kappa shape index (κ3) is 6.57. The average molecular weight is 802 g/mol. The average Bonchev–Trinajstić information content (AvgIpc) is 3.88. The van der Waals surface area contributed by atoms with Gasteiger partial charge in [0.15, 0.2) is 16.8 Å². The molecule has 2 atom stereocenters. The molecule has 4 saturated carbocycles. The Labute approximate surface area is 345 Å². The molecule has 11 rings (SSSR count). The number of benzene rings is 1. The number of rotatable bonds is 11. The largest absolute Gasteiger partial charge is 0.369 e. The first-order valence-electron chi connectivity index (χ1n) is 21.3. The molecule has 3 N–H and O–H groups in total. The van der Waals surface area contributed by atoms with E-state index in [-0.39, 0.29) is 27.5 Å². The van der Waals surface area contributed by atoms with Crippen LogP contribution in [0.2, 0.25) is 0 Å². The quantitative estimate of drug-likeness (QED) is 0.127. The number of quaternary nitrogens is 1. The summed E-state index contributed by atoms with van der Waals surface area (Å²) in [5, 5.41) is 18.5. The molecular formula is C45H57N10O2S+. The number of likely N-dealkylation sites (N-methyl/N-ethyl adjacent to an activating group) is 1. The molecule has 1 aromatic carbocycles. The standard InChI is InChI=1S/C45H56N10O2S/c1-29-31-11-10-16-53(40(31)52-51-39(29)50-41-48-34-12-6-7-13-35(34)58-41)36-15-14-32(37(49-36)38(46)56)33-21-47-54(30(33)2)28-44-23-42(3)22-43(4,24-44)26-45(25-42,27-44)57-20-19-55(5)17-8-9-18-55/h6-7,12-15,21H,8-11,16-20,22-28H2,1-5H3,(H2-,46,48,50,51,56)/p+1. The lowest BCUT2D eigenvalue weighted by molar-refractivity contribution is -0.898. The normalized spacial score (nSPS) is 28.3. The van der Waals surface area contributed by atoms with Crippen LogP contribution in [0.1, 0.15) is 98.9 Å². The Morgan fingerprint density at radius 2 is 1.72 bits per heavy atom. The van der Waals surface area contributed by atoms with Crippen molar-refractivity contribution in [1.29, 1.82) is 0 Å². The number of carbonyl (C=O) groups excluding carboxylic acids is 1. The van der Waals surface area contributed by atoms with E-state index in [1.54, 1.807) is 11.3 Å². The molecule has 0 radical (unpaired) electrons. The van der Waals surface area contributed by atoms with Crippen molar-refractivity contribution in [3.05, 3.63) is 65.1 Å². The Hall–Kier alpha value is -4.46. The molecule has 4 aromatic heterocycles. The number of pyridine rings is 1. The van der Waals surface area contributed by atoms with Crippen LogP contribution in [0.3, 0.4) is 0 Å². The van der Waals surface area contributed by atoms with Crippen LogP contribution < -0.4 is 16.0 Å². The van der Waals surface area contributed by atoms with Gasteiger partial charge >= 0.3 is 0 Å². The van der Waals surface area contributed by atoms with Crippen molar-refractivity contribution in [3.63, 3.8) is 0 Å². The Morgan fingerprint density at radius 1 is 0.948 bits per heavy atom. The molecule has 5 fully saturated rings. The summed E-state index contributed by atoms with van der Waals surface area (Å²) < 4.78 is 11.6. The highest BCUT2D eigenvalue weighted by atomic mass is 32.1. The van der Waals surface area contributed by atoms with E-state index in [0.717, 1.165) is 87.0 Å². The number of nitrogens with two attached hydrogens (primary N) is 1. The SMILES string of the molecule is Cc1c(Nc2nc3ccccc3s2)nnc2c1CCCN2c1ccc(-c2cnn(CC34CC5(C)CC(C)(C3)CC(OCC[N+]3(C)CCCC3)(C5)C4)c2C)c(C(N)=O)n1. The third-order valence-electron chi connectivity index (χ3n) is 14.5. The lowest BCUT2D eigenvalue weighted by Crippen LogP contribution is -2.64. The van der Waals surface area contributed by atoms with Gasteiger partial charge in [-0.25, -0.2) is 9.97 Å². The van der Waals surface area contributed by atoms with E-state index in [2.05, 4.69) is 60.8 Å². The predicted molar refractivity (Wildman–Crippen MR) is 229 cm³/mol. The zero-order valence-corrected chi connectivity index (χ0v) is 35.6. The van der Waals surface area contributed by atoms with Gasteiger partial charge in [0.1, 0.15) is 18.1 Å². The maximum atomic E-state index is 13.2. The lowest BCUT2D eigenvalue weighted by Gasteiger charge is -2.69. The molecule has 12 nitrogen and oxygen atoms in total. The van der Waals surface area contributed by atoms with Crippen molar-refractivity contribution in [2.75, 3.05) is 50.1 Å². The van der Waals surface area contributed by atoms with Crippen LogP contribution >= 0.6 is 11.3 Å². The van der Waals surface area contributed by atoms with Gasteiger partial charge < -0.3 is 25.2 Å². The molecule has 6 heterocycles. The van der Waals surface area contributed by atoms with Gasteiger partial charge in [-0.2, -0.15) is 5.10 Å². The van der Waals surface area contributed by atoms with Crippen LogP contribution in [0.15, 0.2) is 42.6 Å². The fraction of sp³-hybridized carbons (Fsp3) is 0.556. The summed E-state index contributed by atoms with van der Waals surface area (Å²) in [4.78, 5) is 24.9. The Morgan fingerprint density at radius 3 is 2.48 bits per heavy atom. The number of likely N-dealkylation sites (tertiary alicyclic amines) is 1. The molecular weight excluding hydrogens is 745 g/mol. The molecule has 2 aliphatic heterocycles. The molecule has 1 amide bonds. The minimum absolute atomic E-state index is 0.0651. The van der Waals surface area contributed by atoms with Crippen LogP contribution in [0.5, 0.6) is 0 Å². The Bertz CT molecular complexity index is 2380. The molecule has 58 heavy (non-hydrogen) atoms. The van der Waals surface area contributed by atoms with Gasteiger partial charge in [-0.05, 0) is 106 Å². The van der Waals surface area contributed by atoms with Gasteiger partial charge in [0.25, 0.3) is 5.91 Å². The smallest absolute Gasteiger partial charge is 0.268 e. The van der Waals surface area contributed by atoms with Gasteiger partial charge in [-0.1, -0.05) is 37.3 Å². The number of fused-ring (bicyclic) bond motifs is 2. The fourth-order valence-electron chi connectivity index (χ4n) is 13.1. The summed E-state index contributed by atoms with van der Waals surface area (Å²) in [5.74, 6) is 1.51. The second-order valence-electron chi connectivity index (χ2n) is 19.8. The van der Waals surface area contributed by atoms with Crippen molar-refractivity contribution < 1.29 is 14.0 Å². The minimum Gasteiger partial charge on any atom is -0.369 e. The molecule has 5 aromatic rings. The summed E-state index contributed by atoms with van der Waals surface area (Å²) in [5.41, 5.74) is 12.6. The number of aromatic nitrogens is 6. The van der Waals surface area contributed by atoms with Crippen molar-refractivity contribution in [3.8, 4) is 11.1 Å². The maximum Gasteiger partial charge on any atom is 0.268 e. The van der Waals surface area contributed by atoms with Crippen molar-refractivity contribution >= 4 is 50.0 Å². The van der Waals surface area contributed by atoms with Crippen LogP contribution in [0.25, 0.3) is 21.3 Å². The number of primary amides is 1. The summed E-state index contributed by atoms with van der Waals surface area (Å²) in [7, 11) is 2.41. The molecule has 13 heteroatoms. The third-order valence-corrected chi connectivity index (χ3v) is 15.5. The van der Waals surface area contributed by atoms with Crippen molar-refractivity contribution in [2.45, 2.75) is 104 Å². The van der Waals surface area contributed by atoms with Crippen LogP contribution in [0.4, 0.5) is 22.6 Å². The lowest BCUT2D eigenvalue weighted by atomic mass is 9.39. The monoisotopic (exact) mass is 801 g/mol. The Balaban J connectivity index is 0.904. The predicted octanol–water partition coefficient (Wildman–Crippen LogP) is 8.26. The molecule has 2 unspecified atom stereocenters. The summed E-state index contributed by atoms with van der Waals surface area (Å²) in [6.45, 7) is 15.3. The van der Waals surface area contributed by atoms with Gasteiger partial charge in [-0.15, -0.1) is 10.2 Å². The zero-order valence-electron chi connectivity index (χ0n) is 34.7. The Kier molecular flexibility index (Phi) is 8.82. The molecule has 6 aliphatic rings. The van der Waals surface area contributed by atoms with E-state index in [1.807, 2.05) is 36.5 Å². The number of nitrogens with one attached hydrogen (secondary N) is 1. The molecule has 304 valence electrons. The number of anilines is 4. The van der Waals surface area contributed by atoms with E-state index >= 15 is 0 Å². The van der Waals surface area contributed by atoms with Gasteiger partial charge in [-0.3, -0.25) is 9.48 Å². The molecule has 0 spiro atoms. The van der Waals surface area contributed by atoms with E-state index in [9.17, 15) is 4.79 Å². The number of ether oxygens (including phenoxy) is 1. The highest BCUT2D eigenvalue weighted by Gasteiger charge is 2.66. The van der Waals surface area contributed by atoms with Crippen molar-refractivity contribution in [1.82, 2.24) is 29.9 Å². The van der Waals surface area contributed by atoms with Gasteiger partial charge in [0.05, 0.1) is 48.8 Å². The highest BCUT2D eigenvalue weighted by molar-refractivity contribution is 7.22. The summed E-state index contributed by atoms with van der Waals surface area (Å²) in [6.07, 6.45) is 13.4. The number of thiazole rings is 1. The first-order valence-corrected chi connectivity index (χ1v) is 22.1. The van der Waals surface area contributed by atoms with Crippen molar-refractivity contribution in [2.24, 2.45) is 22.0 Å². The number of nitrogens with zero attached hydrogens (tertiary/aromatic N) is 8. The maximum absolute atomic E-state index is 13.2. The van der Waals surface area contributed by atoms with E-state index in [1.165, 1.54) is 58.0 Å². The summed E-state index contributed by atoms with van der Waals surface area (Å²) in [6, 6.07) is 12.1. The number of para-hydroxylation sites is 1. The highest BCUT2D eigenvalue weighted by Crippen LogP contribution is 2.72. The fourth-order valence-corrected chi connectivity index (χ4v) is 14.0. The zero-order chi connectivity index (χ0) is 40.1. The summed E-state index contributed by atoms with van der Waals surface area (Å²) >= 11 is 1.60. The first-order chi connectivity index (χ1) is 27.7. The topological polar surface area (TPSA) is 137 Å². The van der Waals surface area contributed by atoms with Gasteiger partial charge in [0.2, 0.25) is 0 Å². The van der Waals surface area contributed by atoms with E-state index in [0.29, 0.717) is 23.7 Å².